The Kier molecular flexibility index (Phi) is 12.0. The summed E-state index contributed by atoms with van der Waals surface area (Å²) >= 11 is 0. The number of aliphatic imine (C=N–C) groups is 1. The number of nitrogens with zero attached hydrogens (tertiary/aromatic N) is 2. The van der Waals surface area contributed by atoms with Gasteiger partial charge in [0.25, 0.3) is 0 Å². The van der Waals surface area contributed by atoms with Crippen molar-refractivity contribution < 1.29 is 5.11 Å². The van der Waals surface area contributed by atoms with Crippen molar-refractivity contribution in [2.45, 2.75) is 65.5 Å². The van der Waals surface area contributed by atoms with Crippen LogP contribution in [0.4, 0.5) is 0 Å². The van der Waals surface area contributed by atoms with Gasteiger partial charge in [0.05, 0.1) is 17.8 Å². The molecule has 0 radical (unpaired) electrons. The smallest absolute Gasteiger partial charge is 0.191 e. The van der Waals surface area contributed by atoms with Crippen LogP contribution >= 0.6 is 24.0 Å². The number of aryl methyl sites for hydroxylation is 1. The molecule has 0 fully saturated rings. The third-order valence-corrected chi connectivity index (χ3v) is 3.86. The second-order valence-corrected chi connectivity index (χ2v) is 6.04. The highest BCUT2D eigenvalue weighted by molar-refractivity contribution is 14.0. The van der Waals surface area contributed by atoms with E-state index in [1.54, 1.807) is 6.20 Å². The SMILES string of the molecule is CCCC(O)(CCC)CNC(=NCc1ncccc1C)NCC.I. The predicted octanol–water partition coefficient (Wildman–Crippen LogP) is 3.39. The zero-order valence-corrected chi connectivity index (χ0v) is 17.8. The molecule has 24 heavy (non-hydrogen) atoms. The maximum absolute atomic E-state index is 10.7. The second-order valence-electron chi connectivity index (χ2n) is 6.04. The van der Waals surface area contributed by atoms with Crippen molar-refractivity contribution in [2.24, 2.45) is 4.99 Å². The highest BCUT2D eigenvalue weighted by Crippen LogP contribution is 2.18. The highest BCUT2D eigenvalue weighted by atomic mass is 127. The number of rotatable bonds is 9. The molecule has 0 unspecified atom stereocenters. The van der Waals surface area contributed by atoms with E-state index in [0.29, 0.717) is 13.1 Å². The summed E-state index contributed by atoms with van der Waals surface area (Å²) in [7, 11) is 0. The van der Waals surface area contributed by atoms with E-state index in [-0.39, 0.29) is 24.0 Å². The van der Waals surface area contributed by atoms with Gasteiger partial charge in [0, 0.05) is 19.3 Å². The van der Waals surface area contributed by atoms with Gasteiger partial charge in [-0.1, -0.05) is 32.8 Å². The van der Waals surface area contributed by atoms with Crippen molar-refractivity contribution in [3.8, 4) is 0 Å². The molecule has 0 bridgehead atoms. The molecule has 0 saturated heterocycles. The van der Waals surface area contributed by atoms with E-state index in [4.69, 9.17) is 0 Å². The molecule has 0 aliphatic heterocycles. The van der Waals surface area contributed by atoms with Gasteiger partial charge in [0.2, 0.25) is 0 Å². The Morgan fingerprint density at radius 2 is 1.88 bits per heavy atom. The van der Waals surface area contributed by atoms with Crippen molar-refractivity contribution in [1.29, 1.82) is 0 Å². The second kappa shape index (κ2) is 12.5. The zero-order valence-electron chi connectivity index (χ0n) is 15.4. The number of guanidine groups is 1. The lowest BCUT2D eigenvalue weighted by Crippen LogP contribution is -2.47. The molecule has 3 N–H and O–H groups in total. The largest absolute Gasteiger partial charge is 0.388 e. The van der Waals surface area contributed by atoms with E-state index in [2.05, 4.69) is 34.5 Å². The molecule has 0 atom stereocenters. The molecule has 0 aliphatic rings. The average Bonchev–Trinajstić information content (AvgIpc) is 2.52. The maximum atomic E-state index is 10.7. The summed E-state index contributed by atoms with van der Waals surface area (Å²) in [6.07, 6.45) is 5.33. The van der Waals surface area contributed by atoms with Crippen LogP contribution < -0.4 is 10.6 Å². The molecular formula is C18H33IN4O. The van der Waals surface area contributed by atoms with Crippen LogP contribution in [-0.2, 0) is 6.54 Å². The fraction of sp³-hybridized carbons (Fsp3) is 0.667. The van der Waals surface area contributed by atoms with Crippen molar-refractivity contribution in [1.82, 2.24) is 15.6 Å². The van der Waals surface area contributed by atoms with Crippen LogP contribution in [0.25, 0.3) is 0 Å². The van der Waals surface area contributed by atoms with Crippen LogP contribution in [0.3, 0.4) is 0 Å². The van der Waals surface area contributed by atoms with Gasteiger partial charge < -0.3 is 15.7 Å². The number of aromatic nitrogens is 1. The van der Waals surface area contributed by atoms with Crippen LogP contribution in [-0.4, -0.2) is 34.7 Å². The van der Waals surface area contributed by atoms with Crippen LogP contribution in [0.2, 0.25) is 0 Å². The summed E-state index contributed by atoms with van der Waals surface area (Å²) in [5.74, 6) is 0.725. The molecule has 6 heteroatoms. The summed E-state index contributed by atoms with van der Waals surface area (Å²) < 4.78 is 0. The lowest BCUT2D eigenvalue weighted by atomic mass is 9.93. The van der Waals surface area contributed by atoms with Gasteiger partial charge in [-0.2, -0.15) is 0 Å². The molecule has 0 amide bonds. The van der Waals surface area contributed by atoms with Crippen molar-refractivity contribution >= 4 is 29.9 Å². The first kappa shape index (κ1) is 23.1. The topological polar surface area (TPSA) is 69.5 Å². The normalized spacial score (nSPS) is 11.8. The van der Waals surface area contributed by atoms with Gasteiger partial charge in [0.1, 0.15) is 0 Å². The number of pyridine rings is 1. The minimum Gasteiger partial charge on any atom is -0.388 e. The number of halogens is 1. The van der Waals surface area contributed by atoms with Gasteiger partial charge in [-0.05, 0) is 38.3 Å². The van der Waals surface area contributed by atoms with E-state index >= 15 is 0 Å². The molecule has 1 rings (SSSR count). The number of aliphatic hydroxyl groups is 1. The third kappa shape index (κ3) is 8.28. The Morgan fingerprint density at radius 1 is 1.21 bits per heavy atom. The van der Waals surface area contributed by atoms with Crippen LogP contribution in [0, 0.1) is 6.92 Å². The summed E-state index contributed by atoms with van der Waals surface area (Å²) in [5.41, 5.74) is 1.45. The Bertz CT molecular complexity index is 488. The summed E-state index contributed by atoms with van der Waals surface area (Å²) in [4.78, 5) is 8.95. The Hall–Kier alpha value is -0.890. The highest BCUT2D eigenvalue weighted by Gasteiger charge is 2.24. The standard InChI is InChI=1S/C18H32N4O.HI/c1-5-10-18(23,11-6-2)14-22-17(19-7-3)21-13-16-15(4)9-8-12-20-16;/h8-9,12,23H,5-7,10-11,13-14H2,1-4H3,(H2,19,21,22);1H. The Balaban J connectivity index is 0.00000529. The maximum Gasteiger partial charge on any atom is 0.191 e. The van der Waals surface area contributed by atoms with Gasteiger partial charge in [0.15, 0.2) is 5.96 Å². The summed E-state index contributed by atoms with van der Waals surface area (Å²) in [6, 6.07) is 3.97. The first-order valence-corrected chi connectivity index (χ1v) is 8.69. The van der Waals surface area contributed by atoms with Crippen molar-refractivity contribution in [3.05, 3.63) is 29.6 Å². The molecule has 1 heterocycles. The van der Waals surface area contributed by atoms with E-state index in [9.17, 15) is 5.11 Å². The van der Waals surface area contributed by atoms with Gasteiger partial charge in [-0.25, -0.2) is 4.99 Å². The predicted molar refractivity (Wildman–Crippen MR) is 112 cm³/mol. The minimum atomic E-state index is -0.666. The third-order valence-electron chi connectivity index (χ3n) is 3.86. The fourth-order valence-corrected chi connectivity index (χ4v) is 2.66. The first-order chi connectivity index (χ1) is 11.0. The number of hydrogen-bond donors (Lipinski definition) is 3. The number of nitrogens with one attached hydrogen (secondary N) is 2. The monoisotopic (exact) mass is 448 g/mol. The summed E-state index contributed by atoms with van der Waals surface area (Å²) in [5, 5.41) is 17.2. The molecule has 0 spiro atoms. The molecule has 0 saturated carbocycles. The molecule has 1 aromatic rings. The lowest BCUT2D eigenvalue weighted by Gasteiger charge is -2.28. The van der Waals surface area contributed by atoms with Crippen molar-refractivity contribution in [3.63, 3.8) is 0 Å². The van der Waals surface area contributed by atoms with Gasteiger partial charge in [-0.3, -0.25) is 4.98 Å². The fourth-order valence-electron chi connectivity index (χ4n) is 2.66. The molecular weight excluding hydrogens is 415 g/mol. The van der Waals surface area contributed by atoms with E-state index in [0.717, 1.165) is 49.4 Å². The Morgan fingerprint density at radius 3 is 2.42 bits per heavy atom. The molecule has 0 aliphatic carbocycles. The lowest BCUT2D eigenvalue weighted by molar-refractivity contribution is 0.0257. The molecule has 1 aromatic heterocycles. The first-order valence-electron chi connectivity index (χ1n) is 8.69. The molecule has 0 aromatic carbocycles. The van der Waals surface area contributed by atoms with Gasteiger partial charge in [-0.15, -0.1) is 24.0 Å². The van der Waals surface area contributed by atoms with Crippen LogP contribution in [0.5, 0.6) is 0 Å². The summed E-state index contributed by atoms with van der Waals surface area (Å²) in [6.45, 7) is 10.1. The van der Waals surface area contributed by atoms with E-state index in [1.807, 2.05) is 26.0 Å². The average molecular weight is 448 g/mol. The Labute approximate surface area is 163 Å². The number of hydrogen-bond acceptors (Lipinski definition) is 3. The van der Waals surface area contributed by atoms with E-state index in [1.165, 1.54) is 0 Å². The molecule has 138 valence electrons. The minimum absolute atomic E-state index is 0. The quantitative estimate of drug-likeness (QED) is 0.308. The zero-order chi connectivity index (χ0) is 17.1. The molecule has 5 nitrogen and oxygen atoms in total. The van der Waals surface area contributed by atoms with Crippen LogP contribution in [0.15, 0.2) is 23.3 Å². The van der Waals surface area contributed by atoms with Crippen molar-refractivity contribution in [2.75, 3.05) is 13.1 Å². The van der Waals surface area contributed by atoms with Crippen LogP contribution in [0.1, 0.15) is 57.7 Å². The van der Waals surface area contributed by atoms with E-state index < -0.39 is 5.60 Å². The van der Waals surface area contributed by atoms with Gasteiger partial charge >= 0.3 is 0 Å².